The highest BCUT2D eigenvalue weighted by molar-refractivity contribution is 5.99. The number of hydrogen-bond donors (Lipinski definition) is 2. The molecule has 2 heterocycles. The number of ether oxygens (including phenoxy) is 1. The molecule has 0 aliphatic carbocycles. The number of carbonyl (C=O) groups is 1. The maximum Gasteiger partial charge on any atom is 0.256 e. The number of likely N-dealkylation sites (tertiary alicyclic amines) is 1. The molecule has 0 saturated carbocycles. The Balaban J connectivity index is 1.39. The standard InChI is InChI=1S/C30H35N5O2/c1-2-37-19-18-35-28-15-9-8-14-27(28)33-30(35)32-23-16-17-34(29(36)25-12-6-7-13-26(25)31)24(21-23)20-22-10-4-3-5-11-22/h3-15,23-24H,2,16-21,31H2,1H3,(H,32,33)/t23-,24+/m1/s1. The monoisotopic (exact) mass is 497 g/mol. The number of piperidine rings is 1. The second-order valence-corrected chi connectivity index (χ2v) is 9.57. The molecule has 37 heavy (non-hydrogen) atoms. The summed E-state index contributed by atoms with van der Waals surface area (Å²) in [6.07, 6.45) is 2.44. The van der Waals surface area contributed by atoms with E-state index in [1.54, 1.807) is 6.07 Å². The van der Waals surface area contributed by atoms with Crippen LogP contribution in [0.25, 0.3) is 11.0 Å². The van der Waals surface area contributed by atoms with Gasteiger partial charge in [0.05, 0.1) is 23.2 Å². The number of anilines is 2. The van der Waals surface area contributed by atoms with Gasteiger partial charge < -0.3 is 25.3 Å². The Morgan fingerprint density at radius 1 is 1.05 bits per heavy atom. The molecule has 7 heteroatoms. The van der Waals surface area contributed by atoms with Gasteiger partial charge in [-0.3, -0.25) is 4.79 Å². The number of nitrogens with one attached hydrogen (secondary N) is 1. The number of nitrogens with two attached hydrogens (primary N) is 1. The topological polar surface area (TPSA) is 85.4 Å². The average molecular weight is 498 g/mol. The van der Waals surface area contributed by atoms with Gasteiger partial charge in [-0.25, -0.2) is 4.98 Å². The van der Waals surface area contributed by atoms with Crippen molar-refractivity contribution in [2.24, 2.45) is 0 Å². The summed E-state index contributed by atoms with van der Waals surface area (Å²) in [7, 11) is 0. The van der Waals surface area contributed by atoms with Crippen molar-refractivity contribution in [1.82, 2.24) is 14.5 Å². The molecule has 1 amide bonds. The lowest BCUT2D eigenvalue weighted by atomic mass is 9.91. The fraction of sp³-hybridized carbons (Fsp3) is 0.333. The SMILES string of the molecule is CCOCCn1c(N[C@@H]2CCN(C(=O)c3ccccc3N)[C@@H](Cc3ccccc3)C2)nc2ccccc21. The quantitative estimate of drug-likeness (QED) is 0.252. The van der Waals surface area contributed by atoms with Gasteiger partial charge >= 0.3 is 0 Å². The predicted molar refractivity (Wildman–Crippen MR) is 149 cm³/mol. The smallest absolute Gasteiger partial charge is 0.256 e. The first kappa shape index (κ1) is 24.8. The van der Waals surface area contributed by atoms with Crippen LogP contribution < -0.4 is 11.1 Å². The zero-order valence-electron chi connectivity index (χ0n) is 21.3. The lowest BCUT2D eigenvalue weighted by molar-refractivity contribution is 0.0603. The van der Waals surface area contributed by atoms with Gasteiger partial charge in [-0.1, -0.05) is 54.6 Å². The highest BCUT2D eigenvalue weighted by atomic mass is 16.5. The van der Waals surface area contributed by atoms with E-state index in [9.17, 15) is 4.79 Å². The van der Waals surface area contributed by atoms with Crippen molar-refractivity contribution in [3.63, 3.8) is 0 Å². The molecule has 4 aromatic rings. The number of imidazole rings is 1. The van der Waals surface area contributed by atoms with Crippen LogP contribution in [0.5, 0.6) is 0 Å². The average Bonchev–Trinajstić information content (AvgIpc) is 3.26. The summed E-state index contributed by atoms with van der Waals surface area (Å²) in [6, 6.07) is 26.2. The Hall–Kier alpha value is -3.84. The number of para-hydroxylation sites is 3. The van der Waals surface area contributed by atoms with E-state index in [0.717, 1.165) is 42.8 Å². The van der Waals surface area contributed by atoms with Gasteiger partial charge in [0, 0.05) is 37.5 Å². The third kappa shape index (κ3) is 5.62. The van der Waals surface area contributed by atoms with Crippen LogP contribution in [0.1, 0.15) is 35.7 Å². The molecule has 1 fully saturated rings. The molecular weight excluding hydrogens is 462 g/mol. The fourth-order valence-electron chi connectivity index (χ4n) is 5.27. The maximum atomic E-state index is 13.6. The maximum absolute atomic E-state index is 13.6. The zero-order chi connectivity index (χ0) is 25.6. The minimum atomic E-state index is 0.00133. The second kappa shape index (κ2) is 11.5. The van der Waals surface area contributed by atoms with E-state index in [0.29, 0.717) is 31.0 Å². The summed E-state index contributed by atoms with van der Waals surface area (Å²) >= 11 is 0. The molecule has 3 aromatic carbocycles. The van der Waals surface area contributed by atoms with E-state index < -0.39 is 0 Å². The molecular formula is C30H35N5O2. The van der Waals surface area contributed by atoms with Crippen molar-refractivity contribution in [2.75, 3.05) is 30.8 Å². The number of fused-ring (bicyclic) bond motifs is 1. The lowest BCUT2D eigenvalue weighted by Crippen LogP contribution is -2.50. The normalized spacial score (nSPS) is 17.7. The molecule has 0 spiro atoms. The van der Waals surface area contributed by atoms with Gasteiger partial charge in [0.25, 0.3) is 5.91 Å². The molecule has 1 saturated heterocycles. The minimum Gasteiger partial charge on any atom is -0.398 e. The molecule has 2 atom stereocenters. The van der Waals surface area contributed by atoms with Crippen molar-refractivity contribution in [3.8, 4) is 0 Å². The van der Waals surface area contributed by atoms with Crippen LogP contribution in [0.3, 0.4) is 0 Å². The summed E-state index contributed by atoms with van der Waals surface area (Å²) in [4.78, 5) is 20.5. The van der Waals surface area contributed by atoms with Crippen LogP contribution in [-0.2, 0) is 17.7 Å². The number of amides is 1. The molecule has 0 unspecified atom stereocenters. The lowest BCUT2D eigenvalue weighted by Gasteiger charge is -2.40. The summed E-state index contributed by atoms with van der Waals surface area (Å²) in [6.45, 7) is 4.72. The molecule has 1 aromatic heterocycles. The van der Waals surface area contributed by atoms with Crippen molar-refractivity contribution in [1.29, 1.82) is 0 Å². The van der Waals surface area contributed by atoms with Gasteiger partial charge in [0.2, 0.25) is 5.95 Å². The van der Waals surface area contributed by atoms with Crippen molar-refractivity contribution < 1.29 is 9.53 Å². The van der Waals surface area contributed by atoms with E-state index in [1.807, 2.05) is 54.3 Å². The molecule has 0 bridgehead atoms. The first-order chi connectivity index (χ1) is 18.1. The van der Waals surface area contributed by atoms with E-state index in [1.165, 1.54) is 5.56 Å². The highest BCUT2D eigenvalue weighted by Gasteiger charge is 2.33. The third-order valence-electron chi connectivity index (χ3n) is 7.13. The molecule has 1 aliphatic heterocycles. The Bertz CT molecular complexity index is 1340. The zero-order valence-corrected chi connectivity index (χ0v) is 21.3. The Morgan fingerprint density at radius 3 is 2.62 bits per heavy atom. The highest BCUT2D eigenvalue weighted by Crippen LogP contribution is 2.28. The van der Waals surface area contributed by atoms with Gasteiger partial charge in [-0.2, -0.15) is 0 Å². The molecule has 3 N–H and O–H groups in total. The predicted octanol–water partition coefficient (Wildman–Crippen LogP) is 4.98. The number of rotatable bonds is 9. The first-order valence-corrected chi connectivity index (χ1v) is 13.1. The van der Waals surface area contributed by atoms with Crippen LogP contribution in [-0.4, -0.2) is 52.2 Å². The van der Waals surface area contributed by atoms with Gasteiger partial charge in [0.15, 0.2) is 0 Å². The Morgan fingerprint density at radius 2 is 1.81 bits per heavy atom. The minimum absolute atomic E-state index is 0.00133. The largest absolute Gasteiger partial charge is 0.398 e. The van der Waals surface area contributed by atoms with E-state index in [-0.39, 0.29) is 18.0 Å². The van der Waals surface area contributed by atoms with Crippen LogP contribution in [0.4, 0.5) is 11.6 Å². The Labute approximate surface area is 218 Å². The molecule has 7 nitrogen and oxygen atoms in total. The van der Waals surface area contributed by atoms with Gasteiger partial charge in [-0.05, 0) is 56.0 Å². The van der Waals surface area contributed by atoms with Crippen LogP contribution >= 0.6 is 0 Å². The van der Waals surface area contributed by atoms with Gasteiger partial charge in [-0.15, -0.1) is 0 Å². The number of nitrogens with zero attached hydrogens (tertiary/aromatic N) is 3. The number of nitrogen functional groups attached to an aromatic ring is 1. The fourth-order valence-corrected chi connectivity index (χ4v) is 5.27. The second-order valence-electron chi connectivity index (χ2n) is 9.57. The molecule has 5 rings (SSSR count). The van der Waals surface area contributed by atoms with E-state index in [4.69, 9.17) is 15.5 Å². The number of benzene rings is 3. The summed E-state index contributed by atoms with van der Waals surface area (Å²) < 4.78 is 7.85. The van der Waals surface area contributed by atoms with Crippen LogP contribution in [0, 0.1) is 0 Å². The number of hydrogen-bond acceptors (Lipinski definition) is 5. The number of aromatic nitrogens is 2. The van der Waals surface area contributed by atoms with Crippen molar-refractivity contribution >= 4 is 28.6 Å². The van der Waals surface area contributed by atoms with Crippen LogP contribution in [0.2, 0.25) is 0 Å². The third-order valence-corrected chi connectivity index (χ3v) is 7.13. The number of carbonyl (C=O) groups excluding carboxylic acids is 1. The van der Waals surface area contributed by atoms with E-state index in [2.05, 4.69) is 40.2 Å². The van der Waals surface area contributed by atoms with Crippen molar-refractivity contribution in [2.45, 2.75) is 44.8 Å². The first-order valence-electron chi connectivity index (χ1n) is 13.1. The summed E-state index contributed by atoms with van der Waals surface area (Å²) in [5.74, 6) is 0.859. The van der Waals surface area contributed by atoms with Crippen molar-refractivity contribution in [3.05, 3.63) is 90.0 Å². The van der Waals surface area contributed by atoms with Crippen LogP contribution in [0.15, 0.2) is 78.9 Å². The Kier molecular flexibility index (Phi) is 7.70. The van der Waals surface area contributed by atoms with E-state index >= 15 is 0 Å². The molecule has 192 valence electrons. The van der Waals surface area contributed by atoms with Gasteiger partial charge in [0.1, 0.15) is 0 Å². The molecule has 0 radical (unpaired) electrons. The molecule has 1 aliphatic rings. The summed E-state index contributed by atoms with van der Waals surface area (Å²) in [5.41, 5.74) is 10.6. The summed E-state index contributed by atoms with van der Waals surface area (Å²) in [5, 5.41) is 3.73.